The highest BCUT2D eigenvalue weighted by Gasteiger charge is 2.22. The molecule has 0 spiro atoms. The van der Waals surface area contributed by atoms with Crippen LogP contribution >= 0.6 is 11.3 Å². The van der Waals surface area contributed by atoms with Crippen molar-refractivity contribution in [2.45, 2.75) is 39.0 Å². The summed E-state index contributed by atoms with van der Waals surface area (Å²) >= 11 is 1.73. The zero-order valence-electron chi connectivity index (χ0n) is 10.6. The Morgan fingerprint density at radius 1 is 1.53 bits per heavy atom. The van der Waals surface area contributed by atoms with Gasteiger partial charge in [0.2, 0.25) is 0 Å². The zero-order chi connectivity index (χ0) is 12.3. The molecule has 2 rings (SSSR count). The van der Waals surface area contributed by atoms with E-state index in [1.807, 2.05) is 6.20 Å². The predicted octanol–water partition coefficient (Wildman–Crippen LogP) is 2.47. The molecule has 1 fully saturated rings. The standard InChI is InChI=1S/C13H20N2OS/c1-3-15-6-4-11(5-7-15)13-14-9-12(17-13)8-10(2)16/h9,11H,3-8H2,1-2H3. The molecule has 1 aliphatic heterocycles. The zero-order valence-corrected chi connectivity index (χ0v) is 11.4. The lowest BCUT2D eigenvalue weighted by Gasteiger charge is -2.29. The fourth-order valence-electron chi connectivity index (χ4n) is 2.33. The van der Waals surface area contributed by atoms with Crippen molar-refractivity contribution in [1.29, 1.82) is 0 Å². The Hall–Kier alpha value is -0.740. The Balaban J connectivity index is 1.94. The predicted molar refractivity (Wildman–Crippen MR) is 70.6 cm³/mol. The fraction of sp³-hybridized carbons (Fsp3) is 0.692. The SMILES string of the molecule is CCN1CCC(c2ncc(CC(C)=O)s2)CC1. The van der Waals surface area contributed by atoms with Gasteiger partial charge in [-0.2, -0.15) is 0 Å². The topological polar surface area (TPSA) is 33.2 Å². The van der Waals surface area contributed by atoms with Gasteiger partial charge in [-0.25, -0.2) is 4.98 Å². The lowest BCUT2D eigenvalue weighted by molar-refractivity contribution is -0.116. The molecule has 0 aromatic carbocycles. The largest absolute Gasteiger partial charge is 0.304 e. The molecular weight excluding hydrogens is 232 g/mol. The quantitative estimate of drug-likeness (QED) is 0.825. The van der Waals surface area contributed by atoms with Gasteiger partial charge in [0.1, 0.15) is 5.78 Å². The summed E-state index contributed by atoms with van der Waals surface area (Å²) < 4.78 is 0. The summed E-state index contributed by atoms with van der Waals surface area (Å²) in [6.07, 6.45) is 4.85. The first-order valence-corrected chi connectivity index (χ1v) is 7.17. The minimum absolute atomic E-state index is 0.223. The van der Waals surface area contributed by atoms with Crippen LogP contribution in [0.25, 0.3) is 0 Å². The molecule has 0 amide bonds. The number of thiazole rings is 1. The van der Waals surface area contributed by atoms with E-state index in [9.17, 15) is 4.79 Å². The van der Waals surface area contributed by atoms with Gasteiger partial charge in [-0.05, 0) is 39.4 Å². The minimum atomic E-state index is 0.223. The Morgan fingerprint density at radius 2 is 2.24 bits per heavy atom. The number of rotatable bonds is 4. The first kappa shape index (κ1) is 12.7. The summed E-state index contributed by atoms with van der Waals surface area (Å²) in [6.45, 7) is 7.37. The number of hydrogen-bond donors (Lipinski definition) is 0. The van der Waals surface area contributed by atoms with Crippen LogP contribution in [0.2, 0.25) is 0 Å². The Morgan fingerprint density at radius 3 is 2.82 bits per heavy atom. The average Bonchev–Trinajstić information content (AvgIpc) is 2.77. The van der Waals surface area contributed by atoms with E-state index in [0.29, 0.717) is 12.3 Å². The number of likely N-dealkylation sites (tertiary alicyclic amines) is 1. The average molecular weight is 252 g/mol. The van der Waals surface area contributed by atoms with E-state index in [-0.39, 0.29) is 5.78 Å². The molecule has 0 N–H and O–H groups in total. The molecule has 3 nitrogen and oxygen atoms in total. The lowest BCUT2D eigenvalue weighted by atomic mass is 9.98. The molecule has 1 saturated heterocycles. The molecule has 4 heteroatoms. The number of hydrogen-bond acceptors (Lipinski definition) is 4. The number of carbonyl (C=O) groups is 1. The second-order valence-electron chi connectivity index (χ2n) is 4.75. The van der Waals surface area contributed by atoms with E-state index in [4.69, 9.17) is 0 Å². The number of Topliss-reactive ketones (excluding diaryl/α,β-unsaturated/α-hetero) is 1. The third-order valence-corrected chi connectivity index (χ3v) is 4.54. The summed E-state index contributed by atoms with van der Waals surface area (Å²) in [5.41, 5.74) is 0. The van der Waals surface area contributed by atoms with E-state index in [1.165, 1.54) is 30.9 Å². The number of nitrogens with zero attached hydrogens (tertiary/aromatic N) is 2. The molecule has 0 aliphatic carbocycles. The van der Waals surface area contributed by atoms with Crippen LogP contribution in [-0.4, -0.2) is 35.3 Å². The molecule has 2 heterocycles. The van der Waals surface area contributed by atoms with Crippen LogP contribution in [0.5, 0.6) is 0 Å². The van der Waals surface area contributed by atoms with Gasteiger partial charge >= 0.3 is 0 Å². The van der Waals surface area contributed by atoms with Crippen molar-refractivity contribution < 1.29 is 4.79 Å². The molecule has 94 valence electrons. The van der Waals surface area contributed by atoms with Crippen LogP contribution in [-0.2, 0) is 11.2 Å². The monoisotopic (exact) mass is 252 g/mol. The van der Waals surface area contributed by atoms with Crippen molar-refractivity contribution in [3.8, 4) is 0 Å². The third kappa shape index (κ3) is 3.36. The van der Waals surface area contributed by atoms with E-state index < -0.39 is 0 Å². The Kier molecular flexibility index (Phi) is 4.29. The Bertz CT molecular complexity index is 381. The normalized spacial score (nSPS) is 18.5. The number of aromatic nitrogens is 1. The van der Waals surface area contributed by atoms with Crippen molar-refractivity contribution >= 4 is 17.1 Å². The lowest BCUT2D eigenvalue weighted by Crippen LogP contribution is -2.32. The second kappa shape index (κ2) is 5.74. The van der Waals surface area contributed by atoms with E-state index in [2.05, 4.69) is 16.8 Å². The molecule has 0 radical (unpaired) electrons. The molecule has 1 aromatic rings. The van der Waals surface area contributed by atoms with Crippen LogP contribution in [0, 0.1) is 0 Å². The molecular formula is C13H20N2OS. The second-order valence-corrected chi connectivity index (χ2v) is 5.90. The smallest absolute Gasteiger partial charge is 0.135 e. The van der Waals surface area contributed by atoms with Gasteiger partial charge < -0.3 is 4.90 Å². The van der Waals surface area contributed by atoms with Crippen molar-refractivity contribution in [3.63, 3.8) is 0 Å². The van der Waals surface area contributed by atoms with Crippen molar-refractivity contribution in [3.05, 3.63) is 16.1 Å². The molecule has 1 aromatic heterocycles. The van der Waals surface area contributed by atoms with Crippen molar-refractivity contribution in [1.82, 2.24) is 9.88 Å². The molecule has 17 heavy (non-hydrogen) atoms. The maximum Gasteiger partial charge on any atom is 0.135 e. The highest BCUT2D eigenvalue weighted by Crippen LogP contribution is 2.31. The number of carbonyl (C=O) groups excluding carboxylic acids is 1. The van der Waals surface area contributed by atoms with E-state index >= 15 is 0 Å². The van der Waals surface area contributed by atoms with E-state index in [0.717, 1.165) is 11.4 Å². The highest BCUT2D eigenvalue weighted by atomic mass is 32.1. The highest BCUT2D eigenvalue weighted by molar-refractivity contribution is 7.11. The van der Waals surface area contributed by atoms with Gasteiger partial charge in [-0.15, -0.1) is 11.3 Å². The minimum Gasteiger partial charge on any atom is -0.304 e. The molecule has 1 aliphatic rings. The molecule has 0 atom stereocenters. The van der Waals surface area contributed by atoms with Crippen molar-refractivity contribution in [2.75, 3.05) is 19.6 Å². The van der Waals surface area contributed by atoms with Crippen LogP contribution < -0.4 is 0 Å². The first-order chi connectivity index (χ1) is 8.19. The van der Waals surface area contributed by atoms with Crippen LogP contribution in [0.4, 0.5) is 0 Å². The summed E-state index contributed by atoms with van der Waals surface area (Å²) in [5, 5.41) is 1.23. The summed E-state index contributed by atoms with van der Waals surface area (Å²) in [5.74, 6) is 0.838. The maximum atomic E-state index is 11.1. The van der Waals surface area contributed by atoms with Crippen LogP contribution in [0.3, 0.4) is 0 Å². The van der Waals surface area contributed by atoms with Gasteiger partial charge in [-0.3, -0.25) is 4.79 Å². The molecule has 0 unspecified atom stereocenters. The molecule has 0 saturated carbocycles. The maximum absolute atomic E-state index is 11.1. The summed E-state index contributed by atoms with van der Waals surface area (Å²) in [6, 6.07) is 0. The Labute approximate surface area is 107 Å². The molecule has 0 bridgehead atoms. The van der Waals surface area contributed by atoms with Crippen LogP contribution in [0.1, 0.15) is 42.5 Å². The van der Waals surface area contributed by atoms with Gasteiger partial charge in [0.15, 0.2) is 0 Å². The number of piperidine rings is 1. The third-order valence-electron chi connectivity index (χ3n) is 3.38. The van der Waals surface area contributed by atoms with Crippen molar-refractivity contribution in [2.24, 2.45) is 0 Å². The summed E-state index contributed by atoms with van der Waals surface area (Å²) in [4.78, 5) is 19.1. The fourth-order valence-corrected chi connectivity index (χ4v) is 3.49. The first-order valence-electron chi connectivity index (χ1n) is 6.35. The van der Waals surface area contributed by atoms with Gasteiger partial charge in [0.05, 0.1) is 5.01 Å². The van der Waals surface area contributed by atoms with Gasteiger partial charge in [-0.1, -0.05) is 6.92 Å². The van der Waals surface area contributed by atoms with Gasteiger partial charge in [0.25, 0.3) is 0 Å². The van der Waals surface area contributed by atoms with Crippen LogP contribution in [0.15, 0.2) is 6.20 Å². The van der Waals surface area contributed by atoms with Gasteiger partial charge in [0, 0.05) is 23.4 Å². The van der Waals surface area contributed by atoms with E-state index in [1.54, 1.807) is 18.3 Å². The summed E-state index contributed by atoms with van der Waals surface area (Å²) in [7, 11) is 0. The number of ketones is 1.